The van der Waals surface area contributed by atoms with Crippen LogP contribution in [0.25, 0.3) is 0 Å². The summed E-state index contributed by atoms with van der Waals surface area (Å²) < 4.78 is 5.35. The summed E-state index contributed by atoms with van der Waals surface area (Å²) in [6.45, 7) is 1.68. The highest BCUT2D eigenvalue weighted by molar-refractivity contribution is 5.19. The zero-order valence-corrected chi connectivity index (χ0v) is 7.89. The Morgan fingerprint density at radius 2 is 2.21 bits per heavy atom. The summed E-state index contributed by atoms with van der Waals surface area (Å²) in [7, 11) is 0. The molecule has 0 unspecified atom stereocenters. The average molecular weight is 188 g/mol. The molecule has 0 bridgehead atoms. The van der Waals surface area contributed by atoms with Gasteiger partial charge in [0.2, 0.25) is 0 Å². The molecule has 0 amide bonds. The van der Waals surface area contributed by atoms with Gasteiger partial charge in [-0.25, -0.2) is 0 Å². The van der Waals surface area contributed by atoms with E-state index in [4.69, 9.17) is 10.00 Å². The summed E-state index contributed by atoms with van der Waals surface area (Å²) in [5.74, 6) is 0. The summed E-state index contributed by atoms with van der Waals surface area (Å²) in [6, 6.07) is 12.6. The standard InChI is InChI=1S/C11H12N2O/c12-6-7-13-9-14-8-11(13)10-4-2-1-3-5-10/h1-5,11H,7-9H2/t11-/m1/s1. The normalized spacial score (nSPS) is 22.1. The highest BCUT2D eigenvalue weighted by Gasteiger charge is 2.25. The quantitative estimate of drug-likeness (QED) is 0.660. The molecule has 0 N–H and O–H groups in total. The van der Waals surface area contributed by atoms with Crippen LogP contribution in [0.5, 0.6) is 0 Å². The summed E-state index contributed by atoms with van der Waals surface area (Å²) in [4.78, 5) is 2.04. The van der Waals surface area contributed by atoms with E-state index in [0.717, 1.165) is 0 Å². The fraction of sp³-hybridized carbons (Fsp3) is 0.364. The molecule has 3 nitrogen and oxygen atoms in total. The fourth-order valence-electron chi connectivity index (χ4n) is 1.71. The van der Waals surface area contributed by atoms with Crippen LogP contribution < -0.4 is 0 Å². The maximum Gasteiger partial charge on any atom is 0.100 e. The first-order valence-electron chi connectivity index (χ1n) is 4.65. The van der Waals surface area contributed by atoms with E-state index < -0.39 is 0 Å². The van der Waals surface area contributed by atoms with E-state index in [-0.39, 0.29) is 6.04 Å². The van der Waals surface area contributed by atoms with Gasteiger partial charge in [0, 0.05) is 0 Å². The number of nitrogens with zero attached hydrogens (tertiary/aromatic N) is 2. The Kier molecular flexibility index (Phi) is 2.78. The van der Waals surface area contributed by atoms with E-state index in [1.54, 1.807) is 0 Å². The fourth-order valence-corrected chi connectivity index (χ4v) is 1.71. The second kappa shape index (κ2) is 4.23. The molecule has 1 aromatic carbocycles. The van der Waals surface area contributed by atoms with Crippen molar-refractivity contribution in [2.24, 2.45) is 0 Å². The third-order valence-electron chi connectivity index (χ3n) is 2.43. The summed E-state index contributed by atoms with van der Waals surface area (Å²) in [6.07, 6.45) is 0. The highest BCUT2D eigenvalue weighted by Crippen LogP contribution is 2.24. The van der Waals surface area contributed by atoms with E-state index in [9.17, 15) is 0 Å². The number of nitriles is 1. The van der Waals surface area contributed by atoms with Crippen molar-refractivity contribution >= 4 is 0 Å². The molecule has 0 spiro atoms. The van der Waals surface area contributed by atoms with Crippen LogP contribution in [0.15, 0.2) is 30.3 Å². The summed E-state index contributed by atoms with van der Waals surface area (Å²) in [5.41, 5.74) is 1.22. The molecule has 1 aliphatic rings. The molecule has 3 heteroatoms. The molecule has 0 saturated carbocycles. The second-order valence-electron chi connectivity index (χ2n) is 3.33. The van der Waals surface area contributed by atoms with E-state index in [1.165, 1.54) is 5.56 Å². The topological polar surface area (TPSA) is 36.3 Å². The molecule has 2 rings (SSSR count). The Hall–Kier alpha value is -1.37. The van der Waals surface area contributed by atoms with Crippen molar-refractivity contribution in [1.29, 1.82) is 5.26 Å². The maximum absolute atomic E-state index is 8.64. The minimum atomic E-state index is 0.246. The molecule has 1 aliphatic heterocycles. The Morgan fingerprint density at radius 3 is 2.93 bits per heavy atom. The monoisotopic (exact) mass is 188 g/mol. The van der Waals surface area contributed by atoms with Gasteiger partial charge in [-0.1, -0.05) is 30.3 Å². The van der Waals surface area contributed by atoms with Crippen LogP contribution in [-0.2, 0) is 4.74 Å². The summed E-state index contributed by atoms with van der Waals surface area (Å²) in [5, 5.41) is 8.64. The molecule has 1 aromatic rings. The van der Waals surface area contributed by atoms with Gasteiger partial charge < -0.3 is 4.74 Å². The van der Waals surface area contributed by atoms with Gasteiger partial charge in [-0.05, 0) is 5.56 Å². The molecule has 1 saturated heterocycles. The van der Waals surface area contributed by atoms with Crippen molar-refractivity contribution < 1.29 is 4.74 Å². The molecule has 1 heterocycles. The van der Waals surface area contributed by atoms with Crippen molar-refractivity contribution in [2.75, 3.05) is 19.9 Å². The van der Waals surface area contributed by atoms with Crippen LogP contribution in [0.4, 0.5) is 0 Å². The predicted molar refractivity (Wildman–Crippen MR) is 52.3 cm³/mol. The molecule has 0 aromatic heterocycles. The molecule has 0 aliphatic carbocycles. The van der Waals surface area contributed by atoms with Gasteiger partial charge in [-0.15, -0.1) is 0 Å². The predicted octanol–water partition coefficient (Wildman–Crippen LogP) is 1.54. The van der Waals surface area contributed by atoms with Crippen LogP contribution in [0.2, 0.25) is 0 Å². The lowest BCUT2D eigenvalue weighted by molar-refractivity contribution is 0.146. The molecule has 1 fully saturated rings. The van der Waals surface area contributed by atoms with Crippen molar-refractivity contribution in [3.05, 3.63) is 35.9 Å². The van der Waals surface area contributed by atoms with Gasteiger partial charge in [-0.2, -0.15) is 5.26 Å². The second-order valence-corrected chi connectivity index (χ2v) is 3.33. The van der Waals surface area contributed by atoms with Crippen LogP contribution in [0, 0.1) is 11.3 Å². The van der Waals surface area contributed by atoms with Gasteiger partial charge in [0.15, 0.2) is 0 Å². The number of benzene rings is 1. The van der Waals surface area contributed by atoms with Crippen LogP contribution in [0.3, 0.4) is 0 Å². The molecular weight excluding hydrogens is 176 g/mol. The zero-order chi connectivity index (χ0) is 9.80. The average Bonchev–Trinajstić information content (AvgIpc) is 2.68. The van der Waals surface area contributed by atoms with Crippen molar-refractivity contribution in [1.82, 2.24) is 4.90 Å². The van der Waals surface area contributed by atoms with E-state index >= 15 is 0 Å². The lowest BCUT2D eigenvalue weighted by Crippen LogP contribution is -2.24. The SMILES string of the molecule is N#CCN1COC[C@@H]1c1ccccc1. The Bertz CT molecular complexity index is 331. The Morgan fingerprint density at radius 1 is 1.43 bits per heavy atom. The van der Waals surface area contributed by atoms with Gasteiger partial charge in [0.05, 0.1) is 25.3 Å². The number of hydrogen-bond acceptors (Lipinski definition) is 3. The van der Waals surface area contributed by atoms with E-state index in [1.807, 2.05) is 23.1 Å². The van der Waals surface area contributed by atoms with Gasteiger partial charge in [0.1, 0.15) is 6.73 Å². The highest BCUT2D eigenvalue weighted by atomic mass is 16.5. The summed E-state index contributed by atoms with van der Waals surface area (Å²) >= 11 is 0. The lowest BCUT2D eigenvalue weighted by Gasteiger charge is -2.18. The Balaban J connectivity index is 2.14. The molecule has 72 valence electrons. The number of ether oxygens (including phenoxy) is 1. The van der Waals surface area contributed by atoms with Gasteiger partial charge in [-0.3, -0.25) is 4.90 Å². The van der Waals surface area contributed by atoms with Crippen LogP contribution >= 0.6 is 0 Å². The lowest BCUT2D eigenvalue weighted by atomic mass is 10.1. The van der Waals surface area contributed by atoms with Gasteiger partial charge in [0.25, 0.3) is 0 Å². The smallest absolute Gasteiger partial charge is 0.100 e. The maximum atomic E-state index is 8.64. The van der Waals surface area contributed by atoms with Crippen LogP contribution in [-0.4, -0.2) is 24.8 Å². The first-order valence-corrected chi connectivity index (χ1v) is 4.65. The third-order valence-corrected chi connectivity index (χ3v) is 2.43. The van der Waals surface area contributed by atoms with E-state index in [2.05, 4.69) is 18.2 Å². The zero-order valence-electron chi connectivity index (χ0n) is 7.89. The van der Waals surface area contributed by atoms with Crippen LogP contribution in [0.1, 0.15) is 11.6 Å². The van der Waals surface area contributed by atoms with Gasteiger partial charge >= 0.3 is 0 Å². The largest absolute Gasteiger partial charge is 0.364 e. The molecular formula is C11H12N2O. The molecule has 14 heavy (non-hydrogen) atoms. The van der Waals surface area contributed by atoms with Crippen molar-refractivity contribution in [3.63, 3.8) is 0 Å². The Labute approximate surface area is 83.5 Å². The van der Waals surface area contributed by atoms with E-state index in [0.29, 0.717) is 19.9 Å². The first-order chi connectivity index (χ1) is 6.92. The molecule has 1 atom stereocenters. The minimum absolute atomic E-state index is 0.246. The van der Waals surface area contributed by atoms with Crippen molar-refractivity contribution in [3.8, 4) is 6.07 Å². The first kappa shape index (κ1) is 9.20. The molecule has 0 radical (unpaired) electrons. The third kappa shape index (κ3) is 1.77. The number of hydrogen-bond donors (Lipinski definition) is 0. The van der Waals surface area contributed by atoms with Crippen molar-refractivity contribution in [2.45, 2.75) is 6.04 Å². The minimum Gasteiger partial charge on any atom is -0.364 e. The number of rotatable bonds is 2.